The number of aliphatic hydroxyl groups is 1. The molecule has 5 saturated carbocycles. The number of nitrogens with one attached hydrogen (secondary N) is 3. The first-order chi connectivity index (χ1) is 18.2. The standard InChI is InChI=1S/C30H35F3N4O/c31-30(32,33)22-7-5-19(6-8-22)27-35-26-23(28(38)36-27)11-24(25(26)18-3-1-16(15-34)2-4-18)37-29-12-17-9-20(13-29)21(10-17)14-29/h1-5,7,17,20-21,23-28,35-38H,6,8-14H2. The lowest BCUT2D eigenvalue weighted by Crippen LogP contribution is -2.63. The zero-order chi connectivity index (χ0) is 26.2. The highest BCUT2D eigenvalue weighted by molar-refractivity contribution is 5.37. The lowest BCUT2D eigenvalue weighted by Gasteiger charge is -2.44. The van der Waals surface area contributed by atoms with Crippen molar-refractivity contribution < 1.29 is 18.3 Å². The Bertz CT molecular complexity index is 1180. The smallest absolute Gasteiger partial charge is 0.378 e. The van der Waals surface area contributed by atoms with Crippen LogP contribution in [-0.2, 0) is 0 Å². The molecule has 5 nitrogen and oxygen atoms in total. The number of hydrogen-bond donors (Lipinski definition) is 4. The maximum atomic E-state index is 13.2. The largest absolute Gasteiger partial charge is 0.412 e. The number of hydrogen-bond acceptors (Lipinski definition) is 5. The molecule has 7 aliphatic rings. The number of allylic oxidation sites excluding steroid dienone is 3. The van der Waals surface area contributed by atoms with Crippen molar-refractivity contribution in [1.82, 2.24) is 16.0 Å². The van der Waals surface area contributed by atoms with Crippen LogP contribution in [0.2, 0.25) is 0 Å². The van der Waals surface area contributed by atoms with Gasteiger partial charge < -0.3 is 10.4 Å². The molecule has 0 aromatic heterocycles. The molecule has 8 heteroatoms. The summed E-state index contributed by atoms with van der Waals surface area (Å²) >= 11 is 0. The Morgan fingerprint density at radius 3 is 2.32 bits per heavy atom. The molecule has 0 spiro atoms. The molecular weight excluding hydrogens is 489 g/mol. The van der Waals surface area contributed by atoms with Crippen molar-refractivity contribution in [1.29, 1.82) is 5.26 Å². The second kappa shape index (κ2) is 8.92. The fraction of sp³-hybridized carbons (Fsp3) is 0.633. The zero-order valence-corrected chi connectivity index (χ0v) is 21.3. The summed E-state index contributed by atoms with van der Waals surface area (Å²) in [6.07, 6.45) is 4.90. The van der Waals surface area contributed by atoms with Gasteiger partial charge in [-0.25, -0.2) is 0 Å². The van der Waals surface area contributed by atoms with Crippen LogP contribution in [0.4, 0.5) is 13.2 Å². The van der Waals surface area contributed by atoms with Crippen molar-refractivity contribution in [2.24, 2.45) is 23.7 Å². The van der Waals surface area contributed by atoms with Crippen LogP contribution in [0.5, 0.6) is 0 Å². The molecule has 8 unspecified atom stereocenters. The van der Waals surface area contributed by atoms with Crippen LogP contribution in [0.15, 0.2) is 47.6 Å². The Labute approximate surface area is 221 Å². The maximum absolute atomic E-state index is 13.2. The van der Waals surface area contributed by atoms with E-state index >= 15 is 0 Å². The highest BCUT2D eigenvalue weighted by Gasteiger charge is 2.58. The number of fused-ring (bicyclic) bond motifs is 1. The number of nitrogens with zero attached hydrogens (tertiary/aromatic N) is 1. The summed E-state index contributed by atoms with van der Waals surface area (Å²) in [6.45, 7) is 0. The molecule has 38 heavy (non-hydrogen) atoms. The number of aliphatic hydroxyl groups excluding tert-OH is 1. The summed E-state index contributed by atoms with van der Waals surface area (Å²) in [6, 6.07) is 10.1. The Morgan fingerprint density at radius 2 is 1.71 bits per heavy atom. The van der Waals surface area contributed by atoms with Gasteiger partial charge in [-0.05, 0) is 92.4 Å². The summed E-state index contributed by atoms with van der Waals surface area (Å²) in [5.41, 5.74) is 2.28. The van der Waals surface area contributed by atoms with E-state index in [-0.39, 0.29) is 42.0 Å². The van der Waals surface area contributed by atoms with Crippen LogP contribution >= 0.6 is 0 Å². The molecule has 0 amide bonds. The second-order valence-electron chi connectivity index (χ2n) is 12.8. The zero-order valence-electron chi connectivity index (χ0n) is 21.3. The number of rotatable bonds is 4. The van der Waals surface area contributed by atoms with Gasteiger partial charge >= 0.3 is 6.18 Å². The van der Waals surface area contributed by atoms with Gasteiger partial charge in [0, 0.05) is 35.0 Å². The van der Waals surface area contributed by atoms with E-state index in [0.29, 0.717) is 12.0 Å². The number of nitriles is 1. The van der Waals surface area contributed by atoms with E-state index < -0.39 is 18.0 Å². The Morgan fingerprint density at radius 1 is 0.974 bits per heavy atom. The lowest BCUT2D eigenvalue weighted by atomic mass is 9.75. The number of benzene rings is 1. The molecule has 1 aromatic rings. The van der Waals surface area contributed by atoms with Crippen molar-refractivity contribution in [3.05, 3.63) is 58.7 Å². The third kappa shape index (κ3) is 4.14. The molecule has 8 atom stereocenters. The molecule has 8 rings (SSSR count). The van der Waals surface area contributed by atoms with Crippen molar-refractivity contribution in [3.8, 4) is 6.07 Å². The van der Waals surface area contributed by atoms with Crippen molar-refractivity contribution in [2.45, 2.75) is 93.5 Å². The Kier molecular flexibility index (Phi) is 5.83. The van der Waals surface area contributed by atoms with Crippen molar-refractivity contribution in [3.63, 3.8) is 0 Å². The van der Waals surface area contributed by atoms with E-state index in [4.69, 9.17) is 0 Å². The number of halogens is 3. The minimum absolute atomic E-state index is 0.0263. The van der Waals surface area contributed by atoms with E-state index in [0.717, 1.165) is 35.3 Å². The summed E-state index contributed by atoms with van der Waals surface area (Å²) < 4.78 is 39.5. The molecule has 4 bridgehead atoms. The molecule has 202 valence electrons. The molecule has 4 N–H and O–H groups in total. The highest BCUT2D eigenvalue weighted by atomic mass is 19.4. The molecule has 1 saturated heterocycles. The fourth-order valence-electron chi connectivity index (χ4n) is 9.28. The monoisotopic (exact) mass is 524 g/mol. The van der Waals surface area contributed by atoms with Crippen molar-refractivity contribution >= 4 is 0 Å². The first-order valence-electron chi connectivity index (χ1n) is 14.2. The first-order valence-corrected chi connectivity index (χ1v) is 14.2. The van der Waals surface area contributed by atoms with E-state index in [2.05, 4.69) is 22.0 Å². The Hall–Kier alpha value is -2.18. The van der Waals surface area contributed by atoms with Gasteiger partial charge in [0.2, 0.25) is 0 Å². The third-order valence-electron chi connectivity index (χ3n) is 10.7. The quantitative estimate of drug-likeness (QED) is 0.463. The minimum Gasteiger partial charge on any atom is -0.378 e. The average Bonchev–Trinajstić information content (AvgIpc) is 3.47. The maximum Gasteiger partial charge on any atom is 0.412 e. The van der Waals surface area contributed by atoms with E-state index in [1.165, 1.54) is 38.2 Å². The van der Waals surface area contributed by atoms with Gasteiger partial charge in [0.15, 0.2) is 0 Å². The summed E-state index contributed by atoms with van der Waals surface area (Å²) in [4.78, 5) is 0. The molecule has 0 radical (unpaired) electrons. The van der Waals surface area contributed by atoms with Crippen LogP contribution in [0.25, 0.3) is 0 Å². The van der Waals surface area contributed by atoms with E-state index in [1.54, 1.807) is 6.08 Å². The molecule has 6 fully saturated rings. The lowest BCUT2D eigenvalue weighted by molar-refractivity contribution is -0.0942. The topological polar surface area (TPSA) is 80.1 Å². The van der Waals surface area contributed by atoms with Crippen LogP contribution in [0, 0.1) is 35.0 Å². The van der Waals surface area contributed by atoms with Crippen LogP contribution in [0.1, 0.15) is 68.4 Å². The highest BCUT2D eigenvalue weighted by Crippen LogP contribution is 2.60. The minimum atomic E-state index is -4.30. The third-order valence-corrected chi connectivity index (χ3v) is 10.7. The van der Waals surface area contributed by atoms with E-state index in [9.17, 15) is 23.5 Å². The Balaban J connectivity index is 1.18. The predicted molar refractivity (Wildman–Crippen MR) is 137 cm³/mol. The molecule has 1 aliphatic heterocycles. The summed E-state index contributed by atoms with van der Waals surface area (Å²) in [7, 11) is 0. The fourth-order valence-corrected chi connectivity index (χ4v) is 9.28. The summed E-state index contributed by atoms with van der Waals surface area (Å²) in [5, 5.41) is 31.7. The average molecular weight is 525 g/mol. The molecule has 6 aliphatic carbocycles. The predicted octanol–water partition coefficient (Wildman–Crippen LogP) is 4.61. The molecular formula is C30H35F3N4O. The summed E-state index contributed by atoms with van der Waals surface area (Å²) in [5.74, 6) is 2.59. The second-order valence-corrected chi connectivity index (χ2v) is 12.8. The number of alkyl halides is 3. The van der Waals surface area contributed by atoms with Gasteiger partial charge in [0.05, 0.1) is 17.8 Å². The van der Waals surface area contributed by atoms with Gasteiger partial charge in [-0.2, -0.15) is 18.4 Å². The van der Waals surface area contributed by atoms with Crippen LogP contribution in [0.3, 0.4) is 0 Å². The van der Waals surface area contributed by atoms with Crippen LogP contribution < -0.4 is 16.0 Å². The molecule has 1 aromatic carbocycles. The van der Waals surface area contributed by atoms with Gasteiger partial charge in [-0.1, -0.05) is 24.3 Å². The normalized spacial score (nSPS) is 43.5. The van der Waals surface area contributed by atoms with Gasteiger partial charge in [-0.15, -0.1) is 0 Å². The van der Waals surface area contributed by atoms with Crippen LogP contribution in [-0.4, -0.2) is 41.3 Å². The van der Waals surface area contributed by atoms with Crippen molar-refractivity contribution in [2.75, 3.05) is 0 Å². The van der Waals surface area contributed by atoms with Gasteiger partial charge in [-0.3, -0.25) is 10.6 Å². The first kappa shape index (κ1) is 24.8. The van der Waals surface area contributed by atoms with E-state index in [1.807, 2.05) is 24.3 Å². The SMILES string of the molecule is N#Cc1ccc(C2C(NC34CC5CC(C3)C(C5)C4)CC3C(O)NC(C4=CC=C(C(F)(F)F)CC4)NC32)cc1. The molecule has 1 heterocycles. The van der Waals surface area contributed by atoms with Gasteiger partial charge in [0.25, 0.3) is 0 Å². The van der Waals surface area contributed by atoms with Gasteiger partial charge in [0.1, 0.15) is 6.23 Å².